The summed E-state index contributed by atoms with van der Waals surface area (Å²) in [6.45, 7) is 6.31. The topological polar surface area (TPSA) is 43.4 Å². The first-order valence-electron chi connectivity index (χ1n) is 12.4. The van der Waals surface area contributed by atoms with Gasteiger partial charge in [-0.05, 0) is 77.3 Å². The van der Waals surface area contributed by atoms with Crippen LogP contribution in [0.1, 0.15) is 117 Å². The molecule has 0 rings (SSSR count). The fraction of sp³-hybridized carbons (Fsp3) is 0.808. The molecule has 0 aliphatic heterocycles. The number of carbonyl (C=O) groups excluding carboxylic acids is 1. The van der Waals surface area contributed by atoms with E-state index in [0.717, 1.165) is 38.8 Å². The molecule has 0 aromatic heterocycles. The number of rotatable bonds is 22. The molecular formula is C26H48NNaO2. The zero-order valence-electron chi connectivity index (χ0n) is 20.5. The molecule has 0 radical (unpaired) electrons. The Balaban J connectivity index is 0. The van der Waals surface area contributed by atoms with Crippen LogP contribution in [-0.4, -0.2) is 30.5 Å². The molecule has 0 aromatic rings. The smallest absolute Gasteiger partial charge is 0.549 e. The zero-order valence-corrected chi connectivity index (χ0v) is 22.5. The van der Waals surface area contributed by atoms with E-state index in [1.54, 1.807) is 0 Å². The third-order valence-electron chi connectivity index (χ3n) is 5.32. The van der Waals surface area contributed by atoms with Crippen molar-refractivity contribution in [3.8, 4) is 0 Å². The van der Waals surface area contributed by atoms with Crippen LogP contribution in [0.15, 0.2) is 24.3 Å². The summed E-state index contributed by atoms with van der Waals surface area (Å²) < 4.78 is 0. The number of hydrogen-bond donors (Lipinski definition) is 0. The van der Waals surface area contributed by atoms with E-state index < -0.39 is 5.97 Å². The van der Waals surface area contributed by atoms with Crippen LogP contribution in [0.5, 0.6) is 0 Å². The van der Waals surface area contributed by atoms with Crippen molar-refractivity contribution in [2.45, 2.75) is 117 Å². The molecule has 0 fully saturated rings. The van der Waals surface area contributed by atoms with Crippen LogP contribution in [0.25, 0.3) is 0 Å². The molecular weight excluding hydrogens is 381 g/mol. The molecule has 3 nitrogen and oxygen atoms in total. The van der Waals surface area contributed by atoms with Crippen LogP contribution < -0.4 is 34.7 Å². The minimum Gasteiger partial charge on any atom is -0.549 e. The minimum absolute atomic E-state index is 0. The maximum Gasteiger partial charge on any atom is 1.00 e. The third kappa shape index (κ3) is 25.9. The maximum atomic E-state index is 11.0. The molecule has 0 saturated heterocycles. The van der Waals surface area contributed by atoms with Gasteiger partial charge in [-0.3, -0.25) is 4.90 Å². The van der Waals surface area contributed by atoms with Gasteiger partial charge >= 0.3 is 29.6 Å². The fourth-order valence-electron chi connectivity index (χ4n) is 3.50. The summed E-state index contributed by atoms with van der Waals surface area (Å²) >= 11 is 0. The van der Waals surface area contributed by atoms with E-state index in [1.807, 2.05) is 0 Å². The monoisotopic (exact) mass is 429 g/mol. The minimum atomic E-state index is -0.949. The summed E-state index contributed by atoms with van der Waals surface area (Å²) in [5.74, 6) is -0.949. The van der Waals surface area contributed by atoms with Crippen LogP contribution in [0.3, 0.4) is 0 Å². The first-order chi connectivity index (χ1) is 14.2. The van der Waals surface area contributed by atoms with Gasteiger partial charge < -0.3 is 9.90 Å². The van der Waals surface area contributed by atoms with Gasteiger partial charge in [0, 0.05) is 6.54 Å². The molecule has 0 saturated carbocycles. The number of carboxylic acid groups (broad SMARTS) is 1. The number of unbranched alkanes of at least 4 members (excludes halogenated alkanes) is 12. The van der Waals surface area contributed by atoms with Crippen LogP contribution in [-0.2, 0) is 4.79 Å². The van der Waals surface area contributed by atoms with Crippen molar-refractivity contribution in [2.75, 3.05) is 19.6 Å². The summed E-state index contributed by atoms with van der Waals surface area (Å²) in [4.78, 5) is 13.1. The van der Waals surface area contributed by atoms with Gasteiger partial charge in [0.15, 0.2) is 0 Å². The molecule has 0 unspecified atom stereocenters. The predicted molar refractivity (Wildman–Crippen MR) is 125 cm³/mol. The van der Waals surface area contributed by atoms with Crippen molar-refractivity contribution in [3.05, 3.63) is 24.3 Å². The quantitative estimate of drug-likeness (QED) is 0.150. The number of carboxylic acids is 1. The van der Waals surface area contributed by atoms with Crippen molar-refractivity contribution in [1.82, 2.24) is 4.90 Å². The number of aliphatic carboxylic acids is 1. The second kappa shape index (κ2) is 26.9. The Morgan fingerprint density at radius 2 is 1.00 bits per heavy atom. The summed E-state index contributed by atoms with van der Waals surface area (Å²) in [6, 6.07) is 0. The van der Waals surface area contributed by atoms with E-state index in [-0.39, 0.29) is 36.1 Å². The van der Waals surface area contributed by atoms with E-state index in [9.17, 15) is 9.90 Å². The van der Waals surface area contributed by atoms with Gasteiger partial charge in [0.1, 0.15) is 0 Å². The zero-order chi connectivity index (χ0) is 21.4. The van der Waals surface area contributed by atoms with E-state index in [1.165, 1.54) is 77.0 Å². The summed E-state index contributed by atoms with van der Waals surface area (Å²) in [7, 11) is 0. The van der Waals surface area contributed by atoms with E-state index in [2.05, 4.69) is 43.1 Å². The SMILES string of the molecule is CCCCC/C=C/CCCCCN(CCCCC/C=C/CCCCC)CC(=O)[O-].[Na+]. The van der Waals surface area contributed by atoms with Gasteiger partial charge in [-0.1, -0.05) is 76.7 Å². The Morgan fingerprint density at radius 1 is 0.633 bits per heavy atom. The van der Waals surface area contributed by atoms with Crippen LogP contribution in [0.2, 0.25) is 0 Å². The standard InChI is InChI=1S/C26H49NO2.Na/c1-3-5-7-9-11-13-15-17-19-21-23-27(25-26(28)29)24-22-20-18-16-14-12-10-8-6-4-2;/h11-14H,3-10,15-25H2,1-2H3,(H,28,29);/q;+1/p-1/b13-11+,14-12+;. The Kier molecular flexibility index (Phi) is 28.8. The molecule has 0 aromatic carbocycles. The summed E-state index contributed by atoms with van der Waals surface area (Å²) in [5.41, 5.74) is 0. The number of allylic oxidation sites excluding steroid dienone is 4. The van der Waals surface area contributed by atoms with Gasteiger partial charge in [-0.15, -0.1) is 0 Å². The van der Waals surface area contributed by atoms with Crippen molar-refractivity contribution in [3.63, 3.8) is 0 Å². The largest absolute Gasteiger partial charge is 1.00 e. The average Bonchev–Trinajstić information content (AvgIpc) is 2.70. The molecule has 0 aliphatic carbocycles. The Hall–Kier alpha value is -0.0900. The summed E-state index contributed by atoms with van der Waals surface area (Å²) in [5, 5.41) is 11.0. The first-order valence-corrected chi connectivity index (χ1v) is 12.4. The molecule has 0 amide bonds. The van der Waals surface area contributed by atoms with Crippen LogP contribution in [0, 0.1) is 0 Å². The molecule has 30 heavy (non-hydrogen) atoms. The molecule has 4 heteroatoms. The molecule has 0 spiro atoms. The van der Waals surface area contributed by atoms with Gasteiger partial charge in [0.05, 0.1) is 5.97 Å². The normalized spacial score (nSPS) is 11.6. The Labute approximate surface area is 210 Å². The molecule has 0 heterocycles. The van der Waals surface area contributed by atoms with Crippen molar-refractivity contribution < 1.29 is 39.5 Å². The second-order valence-corrected chi connectivity index (χ2v) is 8.28. The number of hydrogen-bond acceptors (Lipinski definition) is 3. The van der Waals surface area contributed by atoms with Crippen LogP contribution >= 0.6 is 0 Å². The van der Waals surface area contributed by atoms with Crippen molar-refractivity contribution in [2.24, 2.45) is 0 Å². The maximum absolute atomic E-state index is 11.0. The Morgan fingerprint density at radius 3 is 1.33 bits per heavy atom. The van der Waals surface area contributed by atoms with Gasteiger partial charge in [0.25, 0.3) is 0 Å². The summed E-state index contributed by atoms with van der Waals surface area (Å²) in [6.07, 6.45) is 28.7. The van der Waals surface area contributed by atoms with E-state index >= 15 is 0 Å². The van der Waals surface area contributed by atoms with Crippen molar-refractivity contribution >= 4 is 5.97 Å². The molecule has 0 bridgehead atoms. The molecule has 0 atom stereocenters. The van der Waals surface area contributed by atoms with Gasteiger partial charge in [0.2, 0.25) is 0 Å². The second-order valence-electron chi connectivity index (χ2n) is 8.28. The number of nitrogens with zero attached hydrogens (tertiary/aromatic N) is 1. The number of carbonyl (C=O) groups is 1. The van der Waals surface area contributed by atoms with Gasteiger partial charge in [-0.2, -0.15) is 0 Å². The fourth-order valence-corrected chi connectivity index (χ4v) is 3.50. The van der Waals surface area contributed by atoms with Crippen molar-refractivity contribution in [1.29, 1.82) is 0 Å². The van der Waals surface area contributed by atoms with Crippen LogP contribution in [0.4, 0.5) is 0 Å². The molecule has 170 valence electrons. The predicted octanol–water partition coefficient (Wildman–Crippen LogP) is 3.44. The molecule has 0 N–H and O–H groups in total. The Bertz CT molecular complexity index is 380. The average molecular weight is 430 g/mol. The molecule has 0 aliphatic rings. The first kappa shape index (κ1) is 32.1. The third-order valence-corrected chi connectivity index (χ3v) is 5.32. The van der Waals surface area contributed by atoms with Gasteiger partial charge in [-0.25, -0.2) is 0 Å². The van der Waals surface area contributed by atoms with E-state index in [0.29, 0.717) is 0 Å². The van der Waals surface area contributed by atoms with E-state index in [4.69, 9.17) is 0 Å².